The lowest BCUT2D eigenvalue weighted by atomic mass is 10.3. The highest BCUT2D eigenvalue weighted by Crippen LogP contribution is 2.32. The lowest BCUT2D eigenvalue weighted by Crippen LogP contribution is -2.05. The highest BCUT2D eigenvalue weighted by atomic mass is 35.5. The number of esters is 1. The van der Waals surface area contributed by atoms with E-state index in [2.05, 4.69) is 14.7 Å². The molecule has 0 atom stereocenters. The maximum Gasteiger partial charge on any atom is 0.342 e. The number of hydrogen-bond acceptors (Lipinski definition) is 5. The Balaban J connectivity index is 2.32. The molecule has 0 unspecified atom stereocenters. The molecular weight excluding hydrogens is 307 g/mol. The van der Waals surface area contributed by atoms with Gasteiger partial charge in [-0.25, -0.2) is 14.8 Å². The minimum absolute atomic E-state index is 0.307. The minimum Gasteiger partial charge on any atom is -0.465 e. The molecule has 0 fully saturated rings. The van der Waals surface area contributed by atoms with Crippen molar-refractivity contribution in [3.8, 4) is 0 Å². The van der Waals surface area contributed by atoms with Crippen LogP contribution >= 0.6 is 35.0 Å². The Kier molecular flexibility index (Phi) is 4.63. The number of nitrogens with zero attached hydrogens (tertiary/aromatic N) is 2. The van der Waals surface area contributed by atoms with Gasteiger partial charge in [0, 0.05) is 11.1 Å². The van der Waals surface area contributed by atoms with Gasteiger partial charge in [-0.3, -0.25) is 0 Å². The number of carbonyl (C=O) groups excluding carboxylic acids is 1. The summed E-state index contributed by atoms with van der Waals surface area (Å²) in [5.41, 5.74) is 0.307. The van der Waals surface area contributed by atoms with Crippen LogP contribution in [-0.2, 0) is 4.74 Å². The number of ether oxygens (including phenoxy) is 1. The summed E-state index contributed by atoms with van der Waals surface area (Å²) < 4.78 is 4.68. The molecule has 0 aliphatic carbocycles. The van der Waals surface area contributed by atoms with E-state index in [9.17, 15) is 4.79 Å². The molecule has 0 bridgehead atoms. The van der Waals surface area contributed by atoms with Crippen LogP contribution in [0.4, 0.5) is 0 Å². The van der Waals surface area contributed by atoms with E-state index in [-0.39, 0.29) is 0 Å². The molecule has 19 heavy (non-hydrogen) atoms. The van der Waals surface area contributed by atoms with E-state index in [0.29, 0.717) is 20.6 Å². The quantitative estimate of drug-likeness (QED) is 0.638. The molecule has 0 amide bonds. The zero-order valence-electron chi connectivity index (χ0n) is 9.76. The van der Waals surface area contributed by atoms with Crippen molar-refractivity contribution in [3.05, 3.63) is 46.3 Å². The Labute approximate surface area is 124 Å². The van der Waals surface area contributed by atoms with Crippen molar-refractivity contribution in [1.82, 2.24) is 9.97 Å². The van der Waals surface area contributed by atoms with Gasteiger partial charge in [0.1, 0.15) is 16.9 Å². The van der Waals surface area contributed by atoms with E-state index < -0.39 is 5.97 Å². The molecule has 98 valence electrons. The zero-order valence-corrected chi connectivity index (χ0v) is 12.1. The number of hydrogen-bond donors (Lipinski definition) is 0. The van der Waals surface area contributed by atoms with E-state index in [1.54, 1.807) is 18.2 Å². The molecular formula is C12H8Cl2N2O2S. The van der Waals surface area contributed by atoms with Gasteiger partial charge in [0.2, 0.25) is 0 Å². The van der Waals surface area contributed by atoms with Crippen molar-refractivity contribution >= 4 is 40.9 Å². The molecule has 0 aliphatic rings. The van der Waals surface area contributed by atoms with Gasteiger partial charge in [-0.15, -0.1) is 0 Å². The number of rotatable bonds is 3. The Bertz CT molecular complexity index is 622. The van der Waals surface area contributed by atoms with Crippen LogP contribution < -0.4 is 0 Å². The van der Waals surface area contributed by atoms with E-state index in [1.807, 2.05) is 0 Å². The first-order valence-electron chi connectivity index (χ1n) is 5.13. The van der Waals surface area contributed by atoms with Gasteiger partial charge in [0.05, 0.1) is 17.2 Å². The molecule has 1 aromatic heterocycles. The first kappa shape index (κ1) is 14.1. The van der Waals surface area contributed by atoms with Gasteiger partial charge in [0.25, 0.3) is 0 Å². The standard InChI is InChI=1S/C12H8Cl2N2O2S/c1-18-12(17)8-5-15-6-16-11(8)19-7-2-3-9(13)10(14)4-7/h2-6H,1H3. The fraction of sp³-hybridized carbons (Fsp3) is 0.0833. The SMILES string of the molecule is COC(=O)c1cncnc1Sc1ccc(Cl)c(Cl)c1. The molecule has 4 nitrogen and oxygen atoms in total. The van der Waals surface area contributed by atoms with Crippen LogP contribution in [0, 0.1) is 0 Å². The van der Waals surface area contributed by atoms with Crippen LogP contribution in [0.25, 0.3) is 0 Å². The maximum atomic E-state index is 11.6. The van der Waals surface area contributed by atoms with Crippen molar-refractivity contribution in [2.45, 2.75) is 9.92 Å². The zero-order chi connectivity index (χ0) is 13.8. The van der Waals surface area contributed by atoms with Crippen LogP contribution in [0.5, 0.6) is 0 Å². The molecule has 1 heterocycles. The van der Waals surface area contributed by atoms with Crippen LogP contribution in [0.1, 0.15) is 10.4 Å². The van der Waals surface area contributed by atoms with Crippen LogP contribution in [-0.4, -0.2) is 23.0 Å². The number of methoxy groups -OCH3 is 1. The van der Waals surface area contributed by atoms with Crippen molar-refractivity contribution in [1.29, 1.82) is 0 Å². The average molecular weight is 315 g/mol. The van der Waals surface area contributed by atoms with Gasteiger partial charge in [-0.1, -0.05) is 35.0 Å². The summed E-state index contributed by atoms with van der Waals surface area (Å²) in [6.07, 6.45) is 2.78. The summed E-state index contributed by atoms with van der Waals surface area (Å²) in [6.45, 7) is 0. The van der Waals surface area contributed by atoms with Crippen molar-refractivity contribution in [3.63, 3.8) is 0 Å². The van der Waals surface area contributed by atoms with Crippen molar-refractivity contribution < 1.29 is 9.53 Å². The average Bonchev–Trinajstić information content (AvgIpc) is 2.43. The summed E-state index contributed by atoms with van der Waals surface area (Å²) in [5.74, 6) is -0.483. The topological polar surface area (TPSA) is 52.1 Å². The molecule has 2 aromatic rings. The van der Waals surface area contributed by atoms with Crippen molar-refractivity contribution in [2.24, 2.45) is 0 Å². The van der Waals surface area contributed by atoms with E-state index >= 15 is 0 Å². The van der Waals surface area contributed by atoms with Gasteiger partial charge in [-0.2, -0.15) is 0 Å². The summed E-state index contributed by atoms with van der Waals surface area (Å²) >= 11 is 13.1. The number of carbonyl (C=O) groups is 1. The summed E-state index contributed by atoms with van der Waals surface area (Å²) in [4.78, 5) is 20.3. The molecule has 0 radical (unpaired) electrons. The first-order valence-corrected chi connectivity index (χ1v) is 6.70. The van der Waals surface area contributed by atoms with Gasteiger partial charge in [0.15, 0.2) is 0 Å². The van der Waals surface area contributed by atoms with Gasteiger partial charge >= 0.3 is 5.97 Å². The Morgan fingerprint density at radius 2 is 2.11 bits per heavy atom. The normalized spacial score (nSPS) is 10.3. The first-order chi connectivity index (χ1) is 9.11. The Hall–Kier alpha value is -1.30. The fourth-order valence-corrected chi connectivity index (χ4v) is 2.55. The van der Waals surface area contributed by atoms with Gasteiger partial charge in [-0.05, 0) is 18.2 Å². The predicted octanol–water partition coefficient (Wildman–Crippen LogP) is 3.72. The summed E-state index contributed by atoms with van der Waals surface area (Å²) in [5, 5.41) is 1.42. The van der Waals surface area contributed by atoms with E-state index in [1.165, 1.54) is 31.4 Å². The monoisotopic (exact) mass is 314 g/mol. The third kappa shape index (κ3) is 3.37. The molecule has 0 N–H and O–H groups in total. The highest BCUT2D eigenvalue weighted by Gasteiger charge is 2.14. The predicted molar refractivity (Wildman–Crippen MR) is 74.0 cm³/mol. The smallest absolute Gasteiger partial charge is 0.342 e. The highest BCUT2D eigenvalue weighted by molar-refractivity contribution is 7.99. The number of benzene rings is 1. The summed E-state index contributed by atoms with van der Waals surface area (Å²) in [7, 11) is 1.31. The van der Waals surface area contributed by atoms with E-state index in [0.717, 1.165) is 4.90 Å². The Morgan fingerprint density at radius 1 is 1.32 bits per heavy atom. The second kappa shape index (κ2) is 6.23. The summed E-state index contributed by atoms with van der Waals surface area (Å²) in [6, 6.07) is 5.19. The van der Waals surface area contributed by atoms with Crippen LogP contribution in [0.3, 0.4) is 0 Å². The molecule has 2 rings (SSSR count). The second-order valence-electron chi connectivity index (χ2n) is 3.41. The lowest BCUT2D eigenvalue weighted by Gasteiger charge is -2.06. The fourth-order valence-electron chi connectivity index (χ4n) is 1.30. The molecule has 1 aromatic carbocycles. The third-order valence-corrected chi connectivity index (χ3v) is 3.93. The Morgan fingerprint density at radius 3 is 2.79 bits per heavy atom. The lowest BCUT2D eigenvalue weighted by molar-refractivity contribution is 0.0595. The molecule has 0 saturated heterocycles. The molecule has 0 aliphatic heterocycles. The number of halogens is 2. The van der Waals surface area contributed by atoms with E-state index in [4.69, 9.17) is 23.2 Å². The molecule has 0 saturated carbocycles. The third-order valence-electron chi connectivity index (χ3n) is 2.19. The van der Waals surface area contributed by atoms with Crippen LogP contribution in [0.2, 0.25) is 10.0 Å². The van der Waals surface area contributed by atoms with Crippen molar-refractivity contribution in [2.75, 3.05) is 7.11 Å². The molecule has 0 spiro atoms. The maximum absolute atomic E-state index is 11.6. The van der Waals surface area contributed by atoms with Crippen LogP contribution in [0.15, 0.2) is 40.6 Å². The molecule has 7 heteroatoms. The second-order valence-corrected chi connectivity index (χ2v) is 5.29. The largest absolute Gasteiger partial charge is 0.465 e. The number of aromatic nitrogens is 2. The van der Waals surface area contributed by atoms with Gasteiger partial charge < -0.3 is 4.74 Å². The minimum atomic E-state index is -0.483.